The summed E-state index contributed by atoms with van der Waals surface area (Å²) in [5, 5.41) is 13.1. The number of hydrogen-bond donors (Lipinski definition) is 2. The summed E-state index contributed by atoms with van der Waals surface area (Å²) < 4.78 is 6.89. The number of aromatic carboxylic acids is 1. The van der Waals surface area contributed by atoms with Crippen molar-refractivity contribution in [1.82, 2.24) is 9.99 Å². The van der Waals surface area contributed by atoms with Gasteiger partial charge in [-0.25, -0.2) is 10.2 Å². The Balaban J connectivity index is 1.58. The lowest BCUT2D eigenvalue weighted by molar-refractivity contribution is -0.118. The number of carboxylic acid groups (broad SMARTS) is 1. The summed E-state index contributed by atoms with van der Waals surface area (Å²) in [5.74, 6) is -0.227. The van der Waals surface area contributed by atoms with Gasteiger partial charge in [-0.15, -0.1) is 11.8 Å². The van der Waals surface area contributed by atoms with E-state index in [0.717, 1.165) is 10.6 Å². The summed E-state index contributed by atoms with van der Waals surface area (Å²) in [4.78, 5) is 24.1. The molecule has 0 aliphatic heterocycles. The Morgan fingerprint density at radius 1 is 1.17 bits per heavy atom. The Hall–Kier alpha value is -3.52. The average molecular weight is 409 g/mol. The van der Waals surface area contributed by atoms with Crippen molar-refractivity contribution < 1.29 is 19.4 Å². The van der Waals surface area contributed by atoms with Gasteiger partial charge in [-0.05, 0) is 54.6 Å². The highest BCUT2D eigenvalue weighted by atomic mass is 32.2. The number of thioether (sulfide) groups is 1. The molecule has 0 unspecified atom stereocenters. The molecule has 0 aliphatic rings. The Labute approximate surface area is 172 Å². The third kappa shape index (κ3) is 5.49. The van der Waals surface area contributed by atoms with Crippen LogP contribution in [0.5, 0.6) is 5.75 Å². The quantitative estimate of drug-likeness (QED) is 0.338. The van der Waals surface area contributed by atoms with Crippen molar-refractivity contribution in [3.63, 3.8) is 0 Å². The van der Waals surface area contributed by atoms with Gasteiger partial charge >= 0.3 is 5.97 Å². The molecule has 2 N–H and O–H groups in total. The van der Waals surface area contributed by atoms with Gasteiger partial charge in [-0.1, -0.05) is 6.07 Å². The van der Waals surface area contributed by atoms with Crippen LogP contribution in [0.15, 0.2) is 76.9 Å². The second-order valence-corrected chi connectivity index (χ2v) is 6.96. The maximum absolute atomic E-state index is 12.0. The molecule has 1 heterocycles. The number of rotatable bonds is 8. The van der Waals surface area contributed by atoms with Gasteiger partial charge in [0.15, 0.2) is 0 Å². The van der Waals surface area contributed by atoms with Gasteiger partial charge in [0.25, 0.3) is 0 Å². The van der Waals surface area contributed by atoms with E-state index in [4.69, 9.17) is 9.84 Å². The lowest BCUT2D eigenvalue weighted by atomic mass is 10.2. The molecule has 148 valence electrons. The lowest BCUT2D eigenvalue weighted by Gasteiger charge is -2.07. The average Bonchev–Trinajstić information content (AvgIpc) is 3.21. The third-order valence-electron chi connectivity index (χ3n) is 3.97. The molecule has 2 aromatic carbocycles. The maximum atomic E-state index is 12.0. The van der Waals surface area contributed by atoms with Crippen molar-refractivity contribution >= 4 is 29.9 Å². The number of benzene rings is 2. The van der Waals surface area contributed by atoms with Crippen molar-refractivity contribution in [3.8, 4) is 11.4 Å². The van der Waals surface area contributed by atoms with Gasteiger partial charge in [-0.2, -0.15) is 5.10 Å². The smallest absolute Gasteiger partial charge is 0.335 e. The number of carbonyl (C=O) groups is 2. The largest absolute Gasteiger partial charge is 0.497 e. The fraction of sp³-hybridized carbons (Fsp3) is 0.0952. The summed E-state index contributed by atoms with van der Waals surface area (Å²) in [5.41, 5.74) is 4.09. The highest BCUT2D eigenvalue weighted by Crippen LogP contribution is 2.21. The zero-order valence-corrected chi connectivity index (χ0v) is 16.4. The van der Waals surface area contributed by atoms with Crippen LogP contribution < -0.4 is 10.2 Å². The number of carbonyl (C=O) groups excluding carboxylic acids is 1. The van der Waals surface area contributed by atoms with E-state index in [2.05, 4.69) is 10.5 Å². The maximum Gasteiger partial charge on any atom is 0.335 e. The van der Waals surface area contributed by atoms with Crippen LogP contribution in [0.2, 0.25) is 0 Å². The molecule has 1 aromatic heterocycles. The number of ether oxygens (including phenoxy) is 1. The number of hydrogen-bond acceptors (Lipinski definition) is 5. The van der Waals surface area contributed by atoms with E-state index in [9.17, 15) is 9.59 Å². The van der Waals surface area contributed by atoms with Gasteiger partial charge in [0, 0.05) is 16.8 Å². The Morgan fingerprint density at radius 2 is 1.97 bits per heavy atom. The first-order valence-corrected chi connectivity index (χ1v) is 9.65. The Bertz CT molecular complexity index is 1030. The molecular weight excluding hydrogens is 390 g/mol. The number of amides is 1. The summed E-state index contributed by atoms with van der Waals surface area (Å²) in [6, 6.07) is 17.7. The minimum Gasteiger partial charge on any atom is -0.497 e. The van der Waals surface area contributed by atoms with Gasteiger partial charge in [-0.3, -0.25) is 4.79 Å². The van der Waals surface area contributed by atoms with Crippen LogP contribution in [0.25, 0.3) is 5.69 Å². The SMILES string of the molecule is COc1ccc(SCC(=O)N/N=C/c2cccn2-c2cccc(C(=O)O)c2)cc1. The first-order chi connectivity index (χ1) is 14.1. The Kier molecular flexibility index (Phi) is 6.70. The van der Waals surface area contributed by atoms with Gasteiger partial charge in [0.05, 0.1) is 30.3 Å². The summed E-state index contributed by atoms with van der Waals surface area (Å²) in [7, 11) is 1.60. The van der Waals surface area contributed by atoms with Crippen LogP contribution in [0, 0.1) is 0 Å². The Morgan fingerprint density at radius 3 is 2.69 bits per heavy atom. The molecule has 3 rings (SSSR count). The molecule has 0 saturated carbocycles. The predicted octanol–water partition coefficient (Wildman–Crippen LogP) is 3.43. The number of nitrogens with zero attached hydrogens (tertiary/aromatic N) is 2. The molecule has 0 bridgehead atoms. The normalized spacial score (nSPS) is 10.8. The molecule has 0 radical (unpaired) electrons. The van der Waals surface area contributed by atoms with E-state index in [1.807, 2.05) is 36.4 Å². The van der Waals surface area contributed by atoms with Crippen molar-refractivity contribution in [2.75, 3.05) is 12.9 Å². The van der Waals surface area contributed by atoms with Crippen molar-refractivity contribution in [2.45, 2.75) is 4.90 Å². The molecule has 0 aliphatic carbocycles. The number of carboxylic acids is 1. The van der Waals surface area contributed by atoms with Crippen molar-refractivity contribution in [2.24, 2.45) is 5.10 Å². The second-order valence-electron chi connectivity index (χ2n) is 5.92. The van der Waals surface area contributed by atoms with Crippen LogP contribution in [-0.2, 0) is 4.79 Å². The summed E-state index contributed by atoms with van der Waals surface area (Å²) >= 11 is 1.40. The number of hydrazone groups is 1. The van der Waals surface area contributed by atoms with Crippen LogP contribution in [0.1, 0.15) is 16.1 Å². The summed E-state index contributed by atoms with van der Waals surface area (Å²) in [6.45, 7) is 0. The molecule has 0 saturated heterocycles. The second kappa shape index (κ2) is 9.61. The first-order valence-electron chi connectivity index (χ1n) is 8.66. The molecule has 0 fully saturated rings. The van der Waals surface area contributed by atoms with E-state index < -0.39 is 5.97 Å². The van der Waals surface area contributed by atoms with Gasteiger partial charge in [0.1, 0.15) is 5.75 Å². The van der Waals surface area contributed by atoms with E-state index in [1.54, 1.807) is 36.1 Å². The minimum atomic E-state index is -0.990. The monoisotopic (exact) mass is 409 g/mol. The highest BCUT2D eigenvalue weighted by molar-refractivity contribution is 8.00. The summed E-state index contributed by atoms with van der Waals surface area (Å²) in [6.07, 6.45) is 3.31. The van der Waals surface area contributed by atoms with Gasteiger partial charge in [0.2, 0.25) is 5.91 Å². The van der Waals surface area contributed by atoms with Crippen LogP contribution >= 0.6 is 11.8 Å². The standard InChI is InChI=1S/C21H19N3O4S/c1-28-18-7-9-19(10-8-18)29-14-20(25)23-22-13-17-6-3-11-24(17)16-5-2-4-15(12-16)21(26)27/h2-13H,14H2,1H3,(H,23,25)(H,26,27)/b22-13+. The number of methoxy groups -OCH3 is 1. The molecular formula is C21H19N3O4S. The van der Waals surface area contributed by atoms with Crippen LogP contribution in [0.4, 0.5) is 0 Å². The fourth-order valence-corrected chi connectivity index (χ4v) is 3.24. The topological polar surface area (TPSA) is 92.9 Å². The lowest BCUT2D eigenvalue weighted by Crippen LogP contribution is -2.19. The zero-order valence-electron chi connectivity index (χ0n) is 15.6. The number of nitrogens with one attached hydrogen (secondary N) is 1. The molecule has 8 heteroatoms. The van der Waals surface area contributed by atoms with Crippen LogP contribution in [-0.4, -0.2) is 40.6 Å². The molecule has 29 heavy (non-hydrogen) atoms. The zero-order chi connectivity index (χ0) is 20.6. The molecule has 7 nitrogen and oxygen atoms in total. The predicted molar refractivity (Wildman–Crippen MR) is 112 cm³/mol. The van der Waals surface area contributed by atoms with Crippen molar-refractivity contribution in [1.29, 1.82) is 0 Å². The van der Waals surface area contributed by atoms with E-state index in [0.29, 0.717) is 11.4 Å². The fourth-order valence-electron chi connectivity index (χ4n) is 2.55. The minimum absolute atomic E-state index is 0.197. The highest BCUT2D eigenvalue weighted by Gasteiger charge is 2.07. The van der Waals surface area contributed by atoms with E-state index in [-0.39, 0.29) is 17.2 Å². The van der Waals surface area contributed by atoms with Crippen molar-refractivity contribution in [3.05, 3.63) is 78.1 Å². The van der Waals surface area contributed by atoms with E-state index in [1.165, 1.54) is 24.0 Å². The molecule has 1 amide bonds. The molecule has 3 aromatic rings. The first kappa shape index (κ1) is 20.2. The third-order valence-corrected chi connectivity index (χ3v) is 4.98. The molecule has 0 spiro atoms. The number of aromatic nitrogens is 1. The van der Waals surface area contributed by atoms with Gasteiger partial charge < -0.3 is 14.4 Å². The van der Waals surface area contributed by atoms with Crippen LogP contribution in [0.3, 0.4) is 0 Å². The molecule has 0 atom stereocenters. The van der Waals surface area contributed by atoms with E-state index >= 15 is 0 Å².